The van der Waals surface area contributed by atoms with Crippen LogP contribution in [0.3, 0.4) is 0 Å². The van der Waals surface area contributed by atoms with Crippen LogP contribution in [0.25, 0.3) is 0 Å². The minimum absolute atomic E-state index is 0.198. The van der Waals surface area contributed by atoms with Crippen LogP contribution in [0, 0.1) is 11.7 Å². The van der Waals surface area contributed by atoms with Crippen molar-refractivity contribution in [3.05, 3.63) is 34.1 Å². The van der Waals surface area contributed by atoms with Crippen LogP contribution in [0.1, 0.15) is 25.8 Å². The first-order valence-electron chi connectivity index (χ1n) is 4.92. The lowest BCUT2D eigenvalue weighted by molar-refractivity contribution is -0.117. The SMILES string of the molecule is CC(=O)CC(C)Cc1ccc(F)c(Br)c1. The molecule has 0 saturated heterocycles. The van der Waals surface area contributed by atoms with Crippen LogP contribution in [0.15, 0.2) is 22.7 Å². The highest BCUT2D eigenvalue weighted by atomic mass is 79.9. The lowest BCUT2D eigenvalue weighted by Crippen LogP contribution is -2.05. The molecule has 0 spiro atoms. The Balaban J connectivity index is 2.64. The van der Waals surface area contributed by atoms with Crippen molar-refractivity contribution in [2.75, 3.05) is 0 Å². The van der Waals surface area contributed by atoms with Crippen molar-refractivity contribution < 1.29 is 9.18 Å². The van der Waals surface area contributed by atoms with Crippen molar-refractivity contribution in [1.82, 2.24) is 0 Å². The topological polar surface area (TPSA) is 17.1 Å². The quantitative estimate of drug-likeness (QED) is 0.816. The molecule has 0 fully saturated rings. The molecule has 0 aliphatic rings. The molecular formula is C12H14BrFO. The molecule has 15 heavy (non-hydrogen) atoms. The van der Waals surface area contributed by atoms with E-state index < -0.39 is 0 Å². The minimum Gasteiger partial charge on any atom is -0.300 e. The molecule has 1 aromatic rings. The normalized spacial score (nSPS) is 12.5. The summed E-state index contributed by atoms with van der Waals surface area (Å²) >= 11 is 3.14. The van der Waals surface area contributed by atoms with Crippen LogP contribution >= 0.6 is 15.9 Å². The Labute approximate surface area is 97.8 Å². The second kappa shape index (κ2) is 5.40. The fourth-order valence-corrected chi connectivity index (χ4v) is 2.06. The Kier molecular flexibility index (Phi) is 4.45. The predicted octanol–water partition coefficient (Wildman–Crippen LogP) is 3.75. The molecule has 0 aromatic heterocycles. The molecule has 0 aliphatic carbocycles. The molecule has 82 valence electrons. The van der Waals surface area contributed by atoms with Crippen molar-refractivity contribution in [2.24, 2.45) is 5.92 Å². The number of hydrogen-bond acceptors (Lipinski definition) is 1. The van der Waals surface area contributed by atoms with Gasteiger partial charge in [-0.3, -0.25) is 0 Å². The smallest absolute Gasteiger partial charge is 0.137 e. The zero-order valence-electron chi connectivity index (χ0n) is 8.89. The van der Waals surface area contributed by atoms with E-state index in [-0.39, 0.29) is 11.6 Å². The van der Waals surface area contributed by atoms with Crippen LogP contribution in [0.4, 0.5) is 4.39 Å². The van der Waals surface area contributed by atoms with Crippen LogP contribution < -0.4 is 0 Å². The van der Waals surface area contributed by atoms with E-state index in [0.29, 0.717) is 16.8 Å². The number of rotatable bonds is 4. The minimum atomic E-state index is -0.252. The molecule has 0 bridgehead atoms. The van der Waals surface area contributed by atoms with Gasteiger partial charge in [-0.25, -0.2) is 4.39 Å². The molecular weight excluding hydrogens is 259 g/mol. The zero-order chi connectivity index (χ0) is 11.4. The molecule has 1 aromatic carbocycles. The summed E-state index contributed by atoms with van der Waals surface area (Å²) in [6.45, 7) is 3.62. The second-order valence-electron chi connectivity index (χ2n) is 3.96. The van der Waals surface area contributed by atoms with Crippen molar-refractivity contribution in [3.8, 4) is 0 Å². The van der Waals surface area contributed by atoms with Crippen molar-refractivity contribution in [1.29, 1.82) is 0 Å². The number of benzene rings is 1. The maximum atomic E-state index is 12.9. The van der Waals surface area contributed by atoms with Gasteiger partial charge >= 0.3 is 0 Å². The molecule has 0 amide bonds. The van der Waals surface area contributed by atoms with Gasteiger partial charge in [-0.1, -0.05) is 13.0 Å². The summed E-state index contributed by atoms with van der Waals surface area (Å²) in [7, 11) is 0. The summed E-state index contributed by atoms with van der Waals surface area (Å²) in [4.78, 5) is 10.9. The van der Waals surface area contributed by atoms with E-state index in [2.05, 4.69) is 15.9 Å². The van der Waals surface area contributed by atoms with Crippen molar-refractivity contribution in [3.63, 3.8) is 0 Å². The van der Waals surface area contributed by atoms with Gasteiger partial charge in [0.25, 0.3) is 0 Å². The molecule has 1 rings (SSSR count). The third-order valence-electron chi connectivity index (χ3n) is 2.20. The van der Waals surface area contributed by atoms with Gasteiger partial charge in [-0.2, -0.15) is 0 Å². The Morgan fingerprint density at radius 3 is 2.73 bits per heavy atom. The fourth-order valence-electron chi connectivity index (χ4n) is 1.63. The van der Waals surface area contributed by atoms with E-state index in [0.717, 1.165) is 12.0 Å². The molecule has 3 heteroatoms. The van der Waals surface area contributed by atoms with E-state index >= 15 is 0 Å². The third kappa shape index (κ3) is 4.12. The molecule has 1 unspecified atom stereocenters. The third-order valence-corrected chi connectivity index (χ3v) is 2.81. The number of Topliss-reactive ketones (excluding diaryl/α,β-unsaturated/α-hetero) is 1. The highest BCUT2D eigenvalue weighted by Gasteiger charge is 2.08. The summed E-state index contributed by atoms with van der Waals surface area (Å²) < 4.78 is 13.4. The lowest BCUT2D eigenvalue weighted by atomic mass is 9.96. The van der Waals surface area contributed by atoms with Gasteiger partial charge in [0, 0.05) is 6.42 Å². The first kappa shape index (κ1) is 12.4. The first-order chi connectivity index (χ1) is 6.99. The average Bonchev–Trinajstić information content (AvgIpc) is 2.10. The molecule has 0 saturated carbocycles. The highest BCUT2D eigenvalue weighted by molar-refractivity contribution is 9.10. The van der Waals surface area contributed by atoms with E-state index in [9.17, 15) is 9.18 Å². The second-order valence-corrected chi connectivity index (χ2v) is 4.82. The Bertz CT molecular complexity index is 363. The van der Waals surface area contributed by atoms with Crippen LogP contribution in [-0.2, 0) is 11.2 Å². The fraction of sp³-hybridized carbons (Fsp3) is 0.417. The van der Waals surface area contributed by atoms with E-state index in [1.54, 1.807) is 19.1 Å². The Morgan fingerprint density at radius 1 is 1.53 bits per heavy atom. The van der Waals surface area contributed by atoms with Gasteiger partial charge < -0.3 is 4.79 Å². The molecule has 0 heterocycles. The number of carbonyl (C=O) groups is 1. The Hall–Kier alpha value is -0.700. The first-order valence-corrected chi connectivity index (χ1v) is 5.71. The van der Waals surface area contributed by atoms with E-state index in [1.165, 1.54) is 6.07 Å². The molecule has 0 aliphatic heterocycles. The maximum absolute atomic E-state index is 12.9. The molecule has 0 N–H and O–H groups in total. The van der Waals surface area contributed by atoms with Crippen molar-refractivity contribution in [2.45, 2.75) is 26.7 Å². The van der Waals surface area contributed by atoms with Gasteiger partial charge in [-0.05, 0) is 52.9 Å². The summed E-state index contributed by atoms with van der Waals surface area (Å²) in [5.74, 6) is 0.251. The van der Waals surface area contributed by atoms with Gasteiger partial charge in [0.1, 0.15) is 11.6 Å². The van der Waals surface area contributed by atoms with Gasteiger partial charge in [0.2, 0.25) is 0 Å². The predicted molar refractivity (Wildman–Crippen MR) is 62.3 cm³/mol. The van der Waals surface area contributed by atoms with Crippen LogP contribution in [0.2, 0.25) is 0 Å². The maximum Gasteiger partial charge on any atom is 0.137 e. The summed E-state index contributed by atoms with van der Waals surface area (Å²) in [6, 6.07) is 4.97. The molecule has 1 atom stereocenters. The van der Waals surface area contributed by atoms with E-state index in [4.69, 9.17) is 0 Å². The van der Waals surface area contributed by atoms with Crippen LogP contribution in [0.5, 0.6) is 0 Å². The average molecular weight is 273 g/mol. The van der Waals surface area contributed by atoms with E-state index in [1.807, 2.05) is 6.92 Å². The zero-order valence-corrected chi connectivity index (χ0v) is 10.5. The van der Waals surface area contributed by atoms with Crippen LogP contribution in [-0.4, -0.2) is 5.78 Å². The monoisotopic (exact) mass is 272 g/mol. The summed E-state index contributed by atoms with van der Waals surface area (Å²) in [6.07, 6.45) is 1.38. The molecule has 1 nitrogen and oxygen atoms in total. The molecule has 0 radical (unpaired) electrons. The number of hydrogen-bond donors (Lipinski definition) is 0. The lowest BCUT2D eigenvalue weighted by Gasteiger charge is -2.09. The standard InChI is InChI=1S/C12H14BrFO/c1-8(5-9(2)15)6-10-3-4-12(14)11(13)7-10/h3-4,7-8H,5-6H2,1-2H3. The van der Waals surface area contributed by atoms with Gasteiger partial charge in [0.15, 0.2) is 0 Å². The highest BCUT2D eigenvalue weighted by Crippen LogP contribution is 2.19. The number of carbonyl (C=O) groups excluding carboxylic acids is 1. The summed E-state index contributed by atoms with van der Waals surface area (Å²) in [5, 5.41) is 0. The Morgan fingerprint density at radius 2 is 2.20 bits per heavy atom. The van der Waals surface area contributed by atoms with Gasteiger partial charge in [-0.15, -0.1) is 0 Å². The number of halogens is 2. The largest absolute Gasteiger partial charge is 0.300 e. The summed E-state index contributed by atoms with van der Waals surface area (Å²) in [5.41, 5.74) is 1.05. The van der Waals surface area contributed by atoms with Gasteiger partial charge in [0.05, 0.1) is 4.47 Å². The number of ketones is 1. The van der Waals surface area contributed by atoms with Crippen molar-refractivity contribution >= 4 is 21.7 Å².